The van der Waals surface area contributed by atoms with Crippen LogP contribution in [0.25, 0.3) is 16.5 Å². The van der Waals surface area contributed by atoms with Crippen molar-refractivity contribution >= 4 is 97.8 Å². The summed E-state index contributed by atoms with van der Waals surface area (Å²) in [5, 5.41) is 58.5. The molecule has 0 amide bonds. The van der Waals surface area contributed by atoms with Gasteiger partial charge in [0.1, 0.15) is 27.7 Å². The summed E-state index contributed by atoms with van der Waals surface area (Å²) in [5.41, 5.74) is 0.408. The number of rotatable bonds is 16. The minimum absolute atomic E-state index is 0.0763. The molecule has 314 valence electrons. The van der Waals surface area contributed by atoms with Gasteiger partial charge in [0.25, 0.3) is 35.5 Å². The van der Waals surface area contributed by atoms with Gasteiger partial charge in [-0.2, -0.15) is 35.0 Å². The third-order valence-electron chi connectivity index (χ3n) is 7.96. The van der Waals surface area contributed by atoms with E-state index in [-0.39, 0.29) is 52.3 Å². The van der Waals surface area contributed by atoms with Crippen LogP contribution >= 0.6 is 23.1 Å². The number of benzene rings is 4. The molecule has 0 saturated heterocycles. The van der Waals surface area contributed by atoms with E-state index >= 15 is 0 Å². The van der Waals surface area contributed by atoms with Gasteiger partial charge in [-0.05, 0) is 73.2 Å². The number of phenolic OH excluding ortho intramolecular Hbond substituents is 1. The summed E-state index contributed by atoms with van der Waals surface area (Å²) in [6.45, 7) is 3.51. The van der Waals surface area contributed by atoms with Gasteiger partial charge in [0, 0.05) is 16.8 Å². The van der Waals surface area contributed by atoms with E-state index in [0.29, 0.717) is 16.4 Å². The average Bonchev–Trinajstić information content (AvgIpc) is 3.79. The lowest BCUT2D eigenvalue weighted by molar-refractivity contribution is 0.317. The van der Waals surface area contributed by atoms with Crippen LogP contribution in [0, 0.1) is 6.92 Å². The van der Waals surface area contributed by atoms with E-state index in [4.69, 9.17) is 9.29 Å². The number of aromatic hydroxyl groups is 2. The van der Waals surface area contributed by atoms with Crippen molar-refractivity contribution in [2.75, 3.05) is 18.1 Å². The van der Waals surface area contributed by atoms with Crippen molar-refractivity contribution in [2.45, 2.75) is 34.4 Å². The summed E-state index contributed by atoms with van der Waals surface area (Å²) in [6, 6.07) is 12.5. The molecule has 0 spiro atoms. The Morgan fingerprint density at radius 3 is 2.08 bits per heavy atom. The largest absolute Gasteiger partial charge is 0.505 e. The van der Waals surface area contributed by atoms with E-state index in [1.807, 2.05) is 6.92 Å². The fourth-order valence-electron chi connectivity index (χ4n) is 5.25. The maximum atomic E-state index is 12.7. The van der Waals surface area contributed by atoms with Crippen LogP contribution in [0.5, 0.6) is 17.4 Å². The van der Waals surface area contributed by atoms with Crippen molar-refractivity contribution in [3.63, 3.8) is 0 Å². The van der Waals surface area contributed by atoms with E-state index in [1.165, 1.54) is 59.5 Å². The minimum atomic E-state index is -5.04. The lowest BCUT2D eigenvalue weighted by Crippen LogP contribution is -2.08. The molecule has 22 nitrogen and oxygen atoms in total. The second-order valence-corrected chi connectivity index (χ2v) is 18.9. The molecule has 27 heteroatoms. The van der Waals surface area contributed by atoms with Gasteiger partial charge in [-0.25, -0.2) is 0 Å². The molecule has 0 aliphatic heterocycles. The highest BCUT2D eigenvalue weighted by atomic mass is 32.2. The molecule has 5 N–H and O–H groups in total. The summed E-state index contributed by atoms with van der Waals surface area (Å²) in [6.07, 6.45) is 0.997. The van der Waals surface area contributed by atoms with E-state index in [2.05, 4.69) is 46.0 Å². The number of hydrogen-bond donors (Lipinski definition) is 5. The zero-order valence-corrected chi connectivity index (χ0v) is 34.9. The maximum Gasteiger partial charge on any atom is 0.297 e. The minimum Gasteiger partial charge on any atom is -0.505 e. The Balaban J connectivity index is 1.31. The Labute approximate surface area is 348 Å². The molecular weight excluding hydrogens is 889 g/mol. The molecule has 2 aromatic heterocycles. The predicted octanol–water partition coefficient (Wildman–Crippen LogP) is 8.10. The molecule has 0 saturated carbocycles. The molecule has 6 aromatic rings. The molecule has 0 bridgehead atoms. The molecule has 4 aromatic carbocycles. The van der Waals surface area contributed by atoms with Crippen molar-refractivity contribution in [1.82, 2.24) is 20.0 Å². The lowest BCUT2D eigenvalue weighted by atomic mass is 10.1. The van der Waals surface area contributed by atoms with Crippen LogP contribution in [0.2, 0.25) is 0 Å². The fourth-order valence-corrected chi connectivity index (χ4v) is 8.60. The number of azo groups is 3. The third-order valence-corrected chi connectivity index (χ3v) is 12.4. The molecule has 0 unspecified atom stereocenters. The van der Waals surface area contributed by atoms with Crippen LogP contribution < -0.4 is 4.74 Å². The highest BCUT2D eigenvalue weighted by molar-refractivity contribution is 8.01. The Bertz CT molecular complexity index is 3030. The van der Waals surface area contributed by atoms with Crippen molar-refractivity contribution in [3.8, 4) is 23.1 Å². The van der Waals surface area contributed by atoms with Crippen molar-refractivity contribution in [1.29, 1.82) is 0 Å². The van der Waals surface area contributed by atoms with Crippen LogP contribution in [-0.2, 0) is 30.4 Å². The first kappa shape index (κ1) is 43.8. The van der Waals surface area contributed by atoms with Gasteiger partial charge in [0.15, 0.2) is 15.8 Å². The quantitative estimate of drug-likeness (QED) is 0.0265. The summed E-state index contributed by atoms with van der Waals surface area (Å²) >= 11 is 2.74. The van der Waals surface area contributed by atoms with Gasteiger partial charge in [0.05, 0.1) is 34.8 Å². The van der Waals surface area contributed by atoms with Crippen LogP contribution in [0.15, 0.2) is 112 Å². The van der Waals surface area contributed by atoms with Gasteiger partial charge >= 0.3 is 0 Å². The first-order valence-corrected chi connectivity index (χ1v) is 23.2. The summed E-state index contributed by atoms with van der Waals surface area (Å²) in [4.78, 5) is -1.14. The molecular formula is C33H30N10O12S5. The van der Waals surface area contributed by atoms with Gasteiger partial charge in [-0.1, -0.05) is 36.1 Å². The van der Waals surface area contributed by atoms with Gasteiger partial charge in [-0.15, -0.1) is 40.9 Å². The zero-order valence-electron chi connectivity index (χ0n) is 30.8. The van der Waals surface area contributed by atoms with Crippen molar-refractivity contribution < 1.29 is 53.9 Å². The number of aromatic nitrogens is 4. The number of aryl methyl sites for hydroxylation is 1. The average molecular weight is 919 g/mol. The molecule has 0 fully saturated rings. The summed E-state index contributed by atoms with van der Waals surface area (Å²) in [7, 11) is -13.8. The highest BCUT2D eigenvalue weighted by Crippen LogP contribution is 2.43. The molecule has 0 radical (unpaired) electrons. The second kappa shape index (κ2) is 17.8. The van der Waals surface area contributed by atoms with Crippen LogP contribution in [0.4, 0.5) is 33.6 Å². The standard InChI is InChI=1S/C33H30N10O12S5/c1-3-56-33-42-41-32(57-33)40-37-25-16-28(55-13-4-14-58(46,47)48)26(15-18(25)2)38-35-23-11-10-22-21(29(23)44)9-12-24(30(22)60(52,53)54)36-39-27-17-34-43(31(27)45)19-5-7-20(8-6-19)59(49,50)51/h5-12,15-17,44-45H,3-4,13-14H2,1-2H3,(H,46,47,48)(H,49,50,51)(H,52,53,54). The molecule has 60 heavy (non-hydrogen) atoms. The predicted molar refractivity (Wildman–Crippen MR) is 217 cm³/mol. The smallest absolute Gasteiger partial charge is 0.297 e. The monoisotopic (exact) mass is 918 g/mol. The number of nitrogens with zero attached hydrogens (tertiary/aromatic N) is 10. The first-order valence-electron chi connectivity index (χ1n) is 16.9. The first-order chi connectivity index (χ1) is 28.3. The van der Waals surface area contributed by atoms with E-state index < -0.39 is 63.2 Å². The summed E-state index contributed by atoms with van der Waals surface area (Å²) < 4.78 is 107. The van der Waals surface area contributed by atoms with Crippen LogP contribution in [0.3, 0.4) is 0 Å². The number of thioether (sulfide) groups is 1. The molecule has 6 rings (SSSR count). The Morgan fingerprint density at radius 1 is 0.750 bits per heavy atom. The number of fused-ring (bicyclic) bond motifs is 1. The van der Waals surface area contributed by atoms with Gasteiger partial charge < -0.3 is 14.9 Å². The molecule has 0 aliphatic rings. The van der Waals surface area contributed by atoms with Crippen LogP contribution in [0.1, 0.15) is 18.9 Å². The lowest BCUT2D eigenvalue weighted by Gasteiger charge is -2.11. The Kier molecular flexibility index (Phi) is 13.0. The number of ether oxygens (including phenoxy) is 1. The van der Waals surface area contributed by atoms with E-state index in [0.717, 1.165) is 39.2 Å². The number of phenols is 1. The van der Waals surface area contributed by atoms with E-state index in [1.54, 1.807) is 13.0 Å². The van der Waals surface area contributed by atoms with Gasteiger partial charge in [0.2, 0.25) is 5.88 Å². The van der Waals surface area contributed by atoms with Gasteiger partial charge in [-0.3, -0.25) is 13.7 Å². The SMILES string of the molecule is CCSc1nnc(N=Nc2cc(OCCCS(=O)(=O)O)c(N=Nc3ccc4c(S(=O)(=O)O)c(N=Nc5cnn(-c6ccc(S(=O)(=O)O)cc6)c5O)ccc4c3O)cc2C)s1. The normalized spacial score (nSPS) is 12.8. The zero-order chi connectivity index (χ0) is 43.4. The number of hydrogen-bond acceptors (Lipinski definition) is 20. The Hall–Kier alpha value is -5.81. The van der Waals surface area contributed by atoms with E-state index in [9.17, 15) is 44.6 Å². The molecule has 0 atom stereocenters. The fraction of sp³-hybridized carbons (Fsp3) is 0.182. The molecule has 2 heterocycles. The maximum absolute atomic E-state index is 12.7. The van der Waals surface area contributed by atoms with Crippen LogP contribution in [-0.4, -0.2) is 87.2 Å². The van der Waals surface area contributed by atoms with Crippen molar-refractivity contribution in [3.05, 3.63) is 72.4 Å². The third kappa shape index (κ3) is 10.5. The summed E-state index contributed by atoms with van der Waals surface area (Å²) in [5.74, 6) is -0.801. The van der Waals surface area contributed by atoms with Crippen molar-refractivity contribution in [2.24, 2.45) is 30.7 Å². The highest BCUT2D eigenvalue weighted by Gasteiger charge is 2.23. The topological polar surface area (TPSA) is 331 Å². The second-order valence-electron chi connectivity index (χ2n) is 12.1. The molecule has 0 aliphatic carbocycles. The Morgan fingerprint density at radius 2 is 1.40 bits per heavy atom.